The second-order valence-corrected chi connectivity index (χ2v) is 4.30. The first-order chi connectivity index (χ1) is 10.5. The maximum absolute atomic E-state index is 11.1. The van der Waals surface area contributed by atoms with E-state index in [9.17, 15) is 20.2 Å². The van der Waals surface area contributed by atoms with Crippen LogP contribution in [0, 0.1) is 20.2 Å². The van der Waals surface area contributed by atoms with Gasteiger partial charge in [0.1, 0.15) is 11.4 Å². The van der Waals surface area contributed by atoms with Gasteiger partial charge in [0.25, 0.3) is 11.4 Å². The molecule has 8 nitrogen and oxygen atoms in total. The third-order valence-corrected chi connectivity index (χ3v) is 2.81. The van der Waals surface area contributed by atoms with Crippen molar-refractivity contribution in [3.05, 3.63) is 62.7 Å². The molecule has 0 spiro atoms. The number of nitrogens with one attached hydrogen (secondary N) is 1. The minimum Gasteiger partial charge on any atom is -0.494 e. The highest BCUT2D eigenvalue weighted by molar-refractivity contribution is 5.72. The van der Waals surface area contributed by atoms with Crippen LogP contribution in [0.5, 0.6) is 5.75 Å². The van der Waals surface area contributed by atoms with Crippen LogP contribution >= 0.6 is 0 Å². The molecular formula is C14H13N3O5. The molecule has 0 unspecified atom stereocenters. The fourth-order valence-electron chi connectivity index (χ4n) is 1.88. The Bertz CT molecular complexity index is 717. The average molecular weight is 303 g/mol. The fourth-order valence-corrected chi connectivity index (χ4v) is 1.88. The highest BCUT2D eigenvalue weighted by Crippen LogP contribution is 2.32. The predicted octanol–water partition coefficient (Wildman–Crippen LogP) is 3.65. The van der Waals surface area contributed by atoms with Crippen LogP contribution in [-0.4, -0.2) is 16.5 Å². The summed E-state index contributed by atoms with van der Waals surface area (Å²) in [5, 5.41) is 24.7. The number of rotatable bonds is 6. The van der Waals surface area contributed by atoms with Crippen molar-refractivity contribution in [2.75, 3.05) is 11.9 Å². The van der Waals surface area contributed by atoms with E-state index in [1.807, 2.05) is 6.92 Å². The summed E-state index contributed by atoms with van der Waals surface area (Å²) in [6.45, 7) is 2.35. The molecule has 0 heterocycles. The van der Waals surface area contributed by atoms with E-state index in [0.29, 0.717) is 18.0 Å². The largest absolute Gasteiger partial charge is 0.494 e. The molecular weight excluding hydrogens is 290 g/mol. The quantitative estimate of drug-likeness (QED) is 0.644. The Kier molecular flexibility index (Phi) is 4.52. The van der Waals surface area contributed by atoms with Crippen LogP contribution < -0.4 is 10.1 Å². The second-order valence-electron chi connectivity index (χ2n) is 4.30. The number of nitro groups is 2. The van der Waals surface area contributed by atoms with Crippen molar-refractivity contribution in [1.29, 1.82) is 0 Å². The Balaban J connectivity index is 2.34. The van der Waals surface area contributed by atoms with Gasteiger partial charge in [0.05, 0.1) is 22.5 Å². The summed E-state index contributed by atoms with van der Waals surface area (Å²) in [6.07, 6.45) is 0. The highest BCUT2D eigenvalue weighted by Gasteiger charge is 2.19. The first-order valence-corrected chi connectivity index (χ1v) is 6.44. The van der Waals surface area contributed by atoms with Crippen molar-refractivity contribution in [2.24, 2.45) is 0 Å². The van der Waals surface area contributed by atoms with E-state index in [1.54, 1.807) is 24.3 Å². The lowest BCUT2D eigenvalue weighted by atomic mass is 10.2. The van der Waals surface area contributed by atoms with Crippen molar-refractivity contribution in [1.82, 2.24) is 0 Å². The van der Waals surface area contributed by atoms with Crippen molar-refractivity contribution >= 4 is 22.7 Å². The summed E-state index contributed by atoms with van der Waals surface area (Å²) < 4.78 is 5.35. The minimum atomic E-state index is -0.674. The van der Waals surface area contributed by atoms with Crippen molar-refractivity contribution in [2.45, 2.75) is 6.92 Å². The number of non-ortho nitro benzene ring substituents is 1. The summed E-state index contributed by atoms with van der Waals surface area (Å²) in [5.41, 5.74) is 0.0588. The van der Waals surface area contributed by atoms with Gasteiger partial charge in [-0.15, -0.1) is 0 Å². The van der Waals surface area contributed by atoms with Gasteiger partial charge in [-0.05, 0) is 25.1 Å². The van der Waals surface area contributed by atoms with E-state index in [1.165, 1.54) is 12.1 Å². The maximum Gasteiger partial charge on any atom is 0.299 e. The third-order valence-electron chi connectivity index (χ3n) is 2.81. The van der Waals surface area contributed by atoms with E-state index < -0.39 is 9.85 Å². The van der Waals surface area contributed by atoms with Gasteiger partial charge in [0, 0.05) is 17.8 Å². The molecule has 114 valence electrons. The minimum absolute atomic E-state index is 0.171. The summed E-state index contributed by atoms with van der Waals surface area (Å²) in [7, 11) is 0. The predicted molar refractivity (Wildman–Crippen MR) is 80.6 cm³/mol. The van der Waals surface area contributed by atoms with Gasteiger partial charge in [-0.2, -0.15) is 0 Å². The van der Waals surface area contributed by atoms with Crippen molar-refractivity contribution in [3.8, 4) is 5.75 Å². The van der Waals surface area contributed by atoms with Gasteiger partial charge in [0.15, 0.2) is 0 Å². The zero-order valence-electron chi connectivity index (χ0n) is 11.7. The topological polar surface area (TPSA) is 108 Å². The summed E-state index contributed by atoms with van der Waals surface area (Å²) in [6, 6.07) is 10.4. The van der Waals surface area contributed by atoms with E-state index in [2.05, 4.69) is 5.32 Å². The molecule has 0 saturated carbocycles. The van der Waals surface area contributed by atoms with Crippen LogP contribution in [0.4, 0.5) is 22.7 Å². The first kappa shape index (κ1) is 15.2. The van der Waals surface area contributed by atoms with Crippen LogP contribution in [0.15, 0.2) is 42.5 Å². The van der Waals surface area contributed by atoms with Crippen LogP contribution in [0.1, 0.15) is 6.92 Å². The summed E-state index contributed by atoms with van der Waals surface area (Å²) in [5.74, 6) is 0.622. The van der Waals surface area contributed by atoms with Crippen LogP contribution in [-0.2, 0) is 0 Å². The Labute approximate surface area is 125 Å². The Hall–Kier alpha value is -3.16. The molecule has 0 aliphatic rings. The molecule has 0 aliphatic carbocycles. The molecule has 2 aromatic carbocycles. The maximum atomic E-state index is 11.1. The molecule has 0 atom stereocenters. The molecule has 0 saturated heterocycles. The van der Waals surface area contributed by atoms with Crippen LogP contribution in [0.2, 0.25) is 0 Å². The smallest absolute Gasteiger partial charge is 0.299 e. The molecule has 0 bridgehead atoms. The van der Waals surface area contributed by atoms with Gasteiger partial charge in [-0.3, -0.25) is 20.2 Å². The van der Waals surface area contributed by atoms with Gasteiger partial charge in [-0.25, -0.2) is 0 Å². The summed E-state index contributed by atoms with van der Waals surface area (Å²) in [4.78, 5) is 20.4. The lowest BCUT2D eigenvalue weighted by Gasteiger charge is -2.09. The van der Waals surface area contributed by atoms with E-state index in [4.69, 9.17) is 4.74 Å². The van der Waals surface area contributed by atoms with Crippen LogP contribution in [0.25, 0.3) is 0 Å². The molecule has 22 heavy (non-hydrogen) atoms. The highest BCUT2D eigenvalue weighted by atomic mass is 16.6. The number of hydrogen-bond acceptors (Lipinski definition) is 6. The fraction of sp³-hybridized carbons (Fsp3) is 0.143. The standard InChI is InChI=1S/C14H13N3O5/c1-2-22-12-5-3-4-10(8-12)15-13-7-6-11(16(18)19)9-14(13)17(20)21/h3-9,15H,2H2,1H3. The van der Waals surface area contributed by atoms with Gasteiger partial charge >= 0.3 is 0 Å². The molecule has 0 amide bonds. The molecule has 8 heteroatoms. The third kappa shape index (κ3) is 3.48. The number of hydrogen-bond donors (Lipinski definition) is 1. The molecule has 0 radical (unpaired) electrons. The van der Waals surface area contributed by atoms with Gasteiger partial charge < -0.3 is 10.1 Å². The van der Waals surface area contributed by atoms with Crippen molar-refractivity contribution < 1.29 is 14.6 Å². The zero-order valence-corrected chi connectivity index (χ0v) is 11.7. The molecule has 2 rings (SSSR count). The Morgan fingerprint density at radius 3 is 2.50 bits per heavy atom. The summed E-state index contributed by atoms with van der Waals surface area (Å²) >= 11 is 0. The number of anilines is 2. The van der Waals surface area contributed by atoms with Gasteiger partial charge in [-0.1, -0.05) is 6.07 Å². The Morgan fingerprint density at radius 1 is 1.09 bits per heavy atom. The molecule has 0 fully saturated rings. The monoisotopic (exact) mass is 303 g/mol. The lowest BCUT2D eigenvalue weighted by Crippen LogP contribution is -1.99. The van der Waals surface area contributed by atoms with Crippen molar-refractivity contribution in [3.63, 3.8) is 0 Å². The zero-order chi connectivity index (χ0) is 16.1. The molecule has 1 N–H and O–H groups in total. The van der Waals surface area contributed by atoms with Gasteiger partial charge in [0.2, 0.25) is 0 Å². The SMILES string of the molecule is CCOc1cccc(Nc2ccc([N+](=O)[O-])cc2[N+](=O)[O-])c1. The Morgan fingerprint density at radius 2 is 1.86 bits per heavy atom. The number of nitro benzene ring substituents is 2. The molecule has 2 aromatic rings. The molecule has 0 aromatic heterocycles. The first-order valence-electron chi connectivity index (χ1n) is 6.44. The normalized spacial score (nSPS) is 10.0. The average Bonchev–Trinajstić information content (AvgIpc) is 2.48. The lowest BCUT2D eigenvalue weighted by molar-refractivity contribution is -0.393. The van der Waals surface area contributed by atoms with E-state index in [-0.39, 0.29) is 17.1 Å². The molecule has 0 aliphatic heterocycles. The number of benzene rings is 2. The second kappa shape index (κ2) is 6.53. The number of ether oxygens (including phenoxy) is 1. The number of nitrogens with zero attached hydrogens (tertiary/aromatic N) is 2. The van der Waals surface area contributed by atoms with E-state index in [0.717, 1.165) is 6.07 Å². The van der Waals surface area contributed by atoms with E-state index >= 15 is 0 Å². The van der Waals surface area contributed by atoms with Crippen LogP contribution in [0.3, 0.4) is 0 Å².